The van der Waals surface area contributed by atoms with E-state index in [1.54, 1.807) is 17.9 Å². The van der Waals surface area contributed by atoms with E-state index in [9.17, 15) is 14.4 Å². The Morgan fingerprint density at radius 1 is 1.05 bits per heavy atom. The van der Waals surface area contributed by atoms with Crippen LogP contribution in [0.5, 0.6) is 0 Å². The van der Waals surface area contributed by atoms with E-state index in [0.29, 0.717) is 58.3 Å². The van der Waals surface area contributed by atoms with Crippen molar-refractivity contribution in [3.8, 4) is 0 Å². The molecule has 0 unspecified atom stereocenters. The maximum absolute atomic E-state index is 13.2. The summed E-state index contributed by atoms with van der Waals surface area (Å²) in [5.41, 5.74) is 1.55. The topological polar surface area (TPSA) is 79.0 Å². The second kappa shape index (κ2) is 11.3. The molecule has 1 saturated heterocycles. The Balaban J connectivity index is 1.20. The van der Waals surface area contributed by atoms with Crippen LogP contribution in [0, 0.1) is 0 Å². The van der Waals surface area contributed by atoms with E-state index >= 15 is 0 Å². The second-order valence-electron chi connectivity index (χ2n) is 9.14. The summed E-state index contributed by atoms with van der Waals surface area (Å²) < 4.78 is 6.17. The van der Waals surface area contributed by atoms with Crippen molar-refractivity contribution in [2.45, 2.75) is 32.6 Å². The molecule has 7 nitrogen and oxygen atoms in total. The summed E-state index contributed by atoms with van der Waals surface area (Å²) in [7, 11) is 0. The van der Waals surface area contributed by atoms with Crippen LogP contribution in [0.25, 0.3) is 10.1 Å². The predicted octanol–water partition coefficient (Wildman–Crippen LogP) is 5.72. The van der Waals surface area contributed by atoms with Gasteiger partial charge in [-0.1, -0.05) is 29.3 Å². The number of fused-ring (bicyclic) bond motifs is 2. The molecule has 0 spiro atoms. The molecule has 3 heterocycles. The molecule has 1 fully saturated rings. The number of halogens is 2. The van der Waals surface area contributed by atoms with E-state index < -0.39 is 0 Å². The van der Waals surface area contributed by atoms with Gasteiger partial charge in [0.2, 0.25) is 5.91 Å². The Hall–Kier alpha value is -2.17. The van der Waals surface area contributed by atoms with Crippen LogP contribution in [-0.4, -0.2) is 66.9 Å². The SMILES string of the molecule is CCOC(=O)c1c(NC(=O)CN2CCN(C(=O)c3sc4cc(Cl)ccc4c3Cl)CC2)sc2c1CCCC2. The molecule has 1 N–H and O–H groups in total. The Morgan fingerprint density at radius 2 is 1.81 bits per heavy atom. The standard InChI is InChI=1S/C26H27Cl2N3O4S2/c1-2-35-26(34)21-16-5-3-4-6-18(16)37-24(21)29-20(32)14-30-9-11-31(12-10-30)25(33)23-22(28)17-8-7-15(27)13-19(17)36-23/h7-8,13H,2-6,9-12,14H2,1H3,(H,29,32). The van der Waals surface area contributed by atoms with E-state index in [-0.39, 0.29) is 24.3 Å². The number of aryl methyl sites for hydroxylation is 1. The molecule has 37 heavy (non-hydrogen) atoms. The molecule has 0 atom stereocenters. The number of esters is 1. The van der Waals surface area contributed by atoms with Crippen LogP contribution in [0.1, 0.15) is 50.2 Å². The van der Waals surface area contributed by atoms with E-state index in [0.717, 1.165) is 41.3 Å². The molecule has 0 saturated carbocycles. The van der Waals surface area contributed by atoms with Crippen LogP contribution < -0.4 is 5.32 Å². The minimum Gasteiger partial charge on any atom is -0.462 e. The summed E-state index contributed by atoms with van der Waals surface area (Å²) in [6.07, 6.45) is 3.89. The smallest absolute Gasteiger partial charge is 0.341 e. The van der Waals surface area contributed by atoms with Crippen molar-refractivity contribution in [2.75, 3.05) is 44.6 Å². The summed E-state index contributed by atoms with van der Waals surface area (Å²) >= 11 is 15.4. The lowest BCUT2D eigenvalue weighted by Crippen LogP contribution is -2.50. The molecule has 3 aromatic rings. The van der Waals surface area contributed by atoms with E-state index in [4.69, 9.17) is 27.9 Å². The van der Waals surface area contributed by atoms with Crippen molar-refractivity contribution in [1.82, 2.24) is 9.80 Å². The third kappa shape index (κ3) is 5.52. The van der Waals surface area contributed by atoms with Crippen molar-refractivity contribution < 1.29 is 19.1 Å². The first-order valence-electron chi connectivity index (χ1n) is 12.4. The lowest BCUT2D eigenvalue weighted by atomic mass is 9.95. The van der Waals surface area contributed by atoms with Crippen molar-refractivity contribution in [3.05, 3.63) is 49.1 Å². The maximum atomic E-state index is 13.2. The zero-order chi connectivity index (χ0) is 26.1. The molecule has 1 aliphatic carbocycles. The van der Waals surface area contributed by atoms with Crippen LogP contribution in [0.3, 0.4) is 0 Å². The summed E-state index contributed by atoms with van der Waals surface area (Å²) in [5, 5.41) is 5.45. The molecular formula is C26H27Cl2N3O4S2. The van der Waals surface area contributed by atoms with Gasteiger partial charge in [-0.2, -0.15) is 0 Å². The molecule has 2 aliphatic rings. The van der Waals surface area contributed by atoms with E-state index in [1.807, 2.05) is 17.0 Å². The number of hydrogen-bond donors (Lipinski definition) is 1. The first-order valence-corrected chi connectivity index (χ1v) is 14.7. The van der Waals surface area contributed by atoms with Gasteiger partial charge in [0.15, 0.2) is 0 Å². The summed E-state index contributed by atoms with van der Waals surface area (Å²) in [4.78, 5) is 44.2. The van der Waals surface area contributed by atoms with Gasteiger partial charge in [-0.3, -0.25) is 14.5 Å². The van der Waals surface area contributed by atoms with Gasteiger partial charge in [-0.15, -0.1) is 22.7 Å². The molecular weight excluding hydrogens is 553 g/mol. The minimum atomic E-state index is -0.369. The molecule has 1 aromatic carbocycles. The average Bonchev–Trinajstić information content (AvgIpc) is 3.40. The summed E-state index contributed by atoms with van der Waals surface area (Å²) in [6.45, 7) is 4.40. The molecule has 1 aliphatic heterocycles. The molecule has 0 bridgehead atoms. The summed E-state index contributed by atoms with van der Waals surface area (Å²) in [6, 6.07) is 5.42. The normalized spacial score (nSPS) is 16.0. The number of anilines is 1. The zero-order valence-corrected chi connectivity index (χ0v) is 23.5. The van der Waals surface area contributed by atoms with Gasteiger partial charge in [0.25, 0.3) is 5.91 Å². The van der Waals surface area contributed by atoms with Crippen molar-refractivity contribution in [2.24, 2.45) is 0 Å². The largest absolute Gasteiger partial charge is 0.462 e. The number of benzene rings is 1. The number of thiophene rings is 2. The number of nitrogens with one attached hydrogen (secondary N) is 1. The van der Waals surface area contributed by atoms with Gasteiger partial charge in [0.1, 0.15) is 9.88 Å². The number of ether oxygens (including phenoxy) is 1. The van der Waals surface area contributed by atoms with Gasteiger partial charge in [-0.05, 0) is 50.3 Å². The lowest BCUT2D eigenvalue weighted by molar-refractivity contribution is -0.117. The van der Waals surface area contributed by atoms with Crippen molar-refractivity contribution >= 4 is 78.7 Å². The van der Waals surface area contributed by atoms with Crippen LogP contribution in [-0.2, 0) is 22.4 Å². The van der Waals surface area contributed by atoms with Crippen LogP contribution in [0.2, 0.25) is 10.0 Å². The Morgan fingerprint density at radius 3 is 2.57 bits per heavy atom. The van der Waals surface area contributed by atoms with Crippen molar-refractivity contribution in [3.63, 3.8) is 0 Å². The number of piperazine rings is 1. The Bertz CT molecular complexity index is 1360. The van der Waals surface area contributed by atoms with Gasteiger partial charge in [-0.25, -0.2) is 4.79 Å². The van der Waals surface area contributed by atoms with Crippen molar-refractivity contribution in [1.29, 1.82) is 0 Å². The molecule has 5 rings (SSSR count). The zero-order valence-electron chi connectivity index (χ0n) is 20.4. The summed E-state index contributed by atoms with van der Waals surface area (Å²) in [5.74, 6) is -0.644. The first kappa shape index (κ1) is 26.4. The molecule has 196 valence electrons. The van der Waals surface area contributed by atoms with Crippen LogP contribution >= 0.6 is 45.9 Å². The van der Waals surface area contributed by atoms with Crippen LogP contribution in [0.15, 0.2) is 18.2 Å². The third-order valence-electron chi connectivity index (χ3n) is 6.72. The third-order valence-corrected chi connectivity index (χ3v) is 9.80. The maximum Gasteiger partial charge on any atom is 0.341 e. The predicted molar refractivity (Wildman–Crippen MR) is 150 cm³/mol. The fraction of sp³-hybridized carbons (Fsp3) is 0.423. The highest BCUT2D eigenvalue weighted by Gasteiger charge is 2.29. The highest BCUT2D eigenvalue weighted by Crippen LogP contribution is 2.39. The average molecular weight is 581 g/mol. The van der Waals surface area contributed by atoms with Gasteiger partial charge >= 0.3 is 5.97 Å². The van der Waals surface area contributed by atoms with Crippen LogP contribution in [0.4, 0.5) is 5.00 Å². The fourth-order valence-corrected chi connectivity index (χ4v) is 7.92. The molecule has 0 radical (unpaired) electrons. The highest BCUT2D eigenvalue weighted by atomic mass is 35.5. The number of carbonyl (C=O) groups excluding carboxylic acids is 3. The van der Waals surface area contributed by atoms with Gasteiger partial charge in [0, 0.05) is 46.2 Å². The Kier molecular flexibility index (Phi) is 8.07. The van der Waals surface area contributed by atoms with Gasteiger partial charge in [0.05, 0.1) is 23.7 Å². The second-order valence-corrected chi connectivity index (χ2v) is 12.1. The molecule has 11 heteroatoms. The fourth-order valence-electron chi connectivity index (χ4n) is 4.87. The number of amides is 2. The number of rotatable bonds is 6. The number of nitrogens with zero attached hydrogens (tertiary/aromatic N) is 2. The van der Waals surface area contributed by atoms with E-state index in [2.05, 4.69) is 5.32 Å². The quantitative estimate of drug-likeness (QED) is 0.378. The Labute approximate surface area is 233 Å². The first-order chi connectivity index (χ1) is 17.9. The highest BCUT2D eigenvalue weighted by molar-refractivity contribution is 7.21. The lowest BCUT2D eigenvalue weighted by Gasteiger charge is -2.34. The molecule has 2 amide bonds. The minimum absolute atomic E-state index is 0.102. The number of carbonyl (C=O) groups is 3. The number of hydrogen-bond acceptors (Lipinski definition) is 7. The van der Waals surface area contributed by atoms with E-state index in [1.165, 1.54) is 27.6 Å². The molecule has 2 aromatic heterocycles. The monoisotopic (exact) mass is 579 g/mol. The van der Waals surface area contributed by atoms with Gasteiger partial charge < -0.3 is 15.0 Å².